The first-order chi connectivity index (χ1) is 25.4. The van der Waals surface area contributed by atoms with Crippen LogP contribution in [0.2, 0.25) is 5.02 Å². The highest BCUT2D eigenvalue weighted by molar-refractivity contribution is 6.31. The fraction of sp³-hybridized carbons (Fsp3) is 0.310. The number of hydrogen-bond acceptors (Lipinski definition) is 8. The first kappa shape index (κ1) is 41.2. The molecule has 284 valence electrons. The van der Waals surface area contributed by atoms with Gasteiger partial charge in [-0.2, -0.15) is 0 Å². The number of aliphatic imine (C=N–C) groups is 1. The molecule has 10 nitrogen and oxygen atoms in total. The molecule has 1 atom stereocenters. The fourth-order valence-corrected chi connectivity index (χ4v) is 5.55. The van der Waals surface area contributed by atoms with Gasteiger partial charge in [-0.25, -0.2) is 23.8 Å². The smallest absolute Gasteiger partial charge is 0.414 e. The van der Waals surface area contributed by atoms with Crippen molar-refractivity contribution in [2.45, 2.75) is 78.4 Å². The Balaban J connectivity index is 1.39. The van der Waals surface area contributed by atoms with Crippen molar-refractivity contribution in [1.82, 2.24) is 10.6 Å². The number of alkyl carbamates (subject to hydrolysis) is 2. The number of ketones is 1. The number of amides is 2. The topological polar surface area (TPSA) is 132 Å². The number of halogens is 2. The first-order valence-electron chi connectivity index (χ1n) is 17.4. The van der Waals surface area contributed by atoms with Crippen LogP contribution >= 0.6 is 11.6 Å². The van der Waals surface area contributed by atoms with Crippen molar-refractivity contribution in [2.24, 2.45) is 10.9 Å². The van der Waals surface area contributed by atoms with E-state index in [1.165, 1.54) is 42.5 Å². The summed E-state index contributed by atoms with van der Waals surface area (Å²) in [6.45, 7) is 10.1. The van der Waals surface area contributed by atoms with Crippen molar-refractivity contribution in [3.05, 3.63) is 130 Å². The normalized spacial score (nSPS) is 11.9. The summed E-state index contributed by atoms with van der Waals surface area (Å²) in [6, 6.07) is 26.9. The highest BCUT2D eigenvalue weighted by Crippen LogP contribution is 2.26. The van der Waals surface area contributed by atoms with E-state index in [4.69, 9.17) is 25.8 Å². The van der Waals surface area contributed by atoms with Crippen molar-refractivity contribution in [3.63, 3.8) is 0 Å². The number of nitrogens with zero attached hydrogens (tertiary/aromatic N) is 1. The Morgan fingerprint density at radius 2 is 1.30 bits per heavy atom. The molecular weight excluding hydrogens is 713 g/mol. The van der Waals surface area contributed by atoms with Crippen LogP contribution in [0.4, 0.5) is 19.7 Å². The molecule has 0 heterocycles. The summed E-state index contributed by atoms with van der Waals surface area (Å²) < 4.78 is 29.6. The van der Waals surface area contributed by atoms with E-state index >= 15 is 0 Å². The van der Waals surface area contributed by atoms with Crippen LogP contribution in [0.5, 0.6) is 5.75 Å². The van der Waals surface area contributed by atoms with Crippen LogP contribution in [-0.4, -0.2) is 41.1 Å². The molecule has 2 amide bonds. The third-order valence-electron chi connectivity index (χ3n) is 7.53. The van der Waals surface area contributed by atoms with E-state index in [9.17, 15) is 23.6 Å². The van der Waals surface area contributed by atoms with Crippen LogP contribution in [0, 0.1) is 11.7 Å². The number of guanidine groups is 1. The Morgan fingerprint density at radius 3 is 1.83 bits per heavy atom. The van der Waals surface area contributed by atoms with Crippen molar-refractivity contribution in [1.29, 1.82) is 0 Å². The second kappa shape index (κ2) is 18.5. The zero-order chi connectivity index (χ0) is 39.5. The standard InChI is InChI=1S/C42H45ClFN3O7/c1-41(2,3)53-39(50)46-38(47-40(51)54-42(4,5)6)45-33-19-14-30(15-20-33)37(49)52-35-21-16-31(36(43)26-35)25-34(48)24-29(22-27-10-8-7-9-11-27)23-28-12-17-32(44)18-13-28/h7-21,26,29H,22-25H2,1-6H3,(H2,45,46,47,50,51)/t29-/m1/s1. The third kappa shape index (κ3) is 14.5. The summed E-state index contributed by atoms with van der Waals surface area (Å²) in [5.41, 5.74) is 1.53. The minimum atomic E-state index is -0.847. The predicted octanol–water partition coefficient (Wildman–Crippen LogP) is 9.34. The van der Waals surface area contributed by atoms with Gasteiger partial charge < -0.3 is 14.2 Å². The number of benzene rings is 4. The molecule has 0 aliphatic carbocycles. The molecule has 0 aromatic heterocycles. The van der Waals surface area contributed by atoms with Gasteiger partial charge in [0.05, 0.1) is 11.3 Å². The number of nitrogens with one attached hydrogen (secondary N) is 2. The predicted molar refractivity (Wildman–Crippen MR) is 206 cm³/mol. The molecule has 4 rings (SSSR count). The Bertz CT molecular complexity index is 1920. The minimum Gasteiger partial charge on any atom is -0.444 e. The summed E-state index contributed by atoms with van der Waals surface area (Å²) >= 11 is 6.55. The monoisotopic (exact) mass is 757 g/mol. The number of esters is 1. The van der Waals surface area contributed by atoms with Crippen LogP contribution in [0.15, 0.2) is 102 Å². The van der Waals surface area contributed by atoms with Gasteiger partial charge in [-0.15, -0.1) is 0 Å². The molecule has 54 heavy (non-hydrogen) atoms. The number of ether oxygens (including phenoxy) is 3. The van der Waals surface area contributed by atoms with Gasteiger partial charge in [-0.05, 0) is 126 Å². The Kier molecular flexibility index (Phi) is 14.1. The van der Waals surface area contributed by atoms with E-state index in [2.05, 4.69) is 15.6 Å². The molecule has 2 N–H and O–H groups in total. The van der Waals surface area contributed by atoms with E-state index in [0.29, 0.717) is 24.8 Å². The van der Waals surface area contributed by atoms with Gasteiger partial charge in [0.15, 0.2) is 0 Å². The van der Waals surface area contributed by atoms with E-state index in [1.54, 1.807) is 65.8 Å². The number of carbonyl (C=O) groups excluding carboxylic acids is 4. The molecule has 0 aliphatic heterocycles. The Morgan fingerprint density at radius 1 is 0.741 bits per heavy atom. The van der Waals surface area contributed by atoms with Gasteiger partial charge in [0, 0.05) is 17.9 Å². The van der Waals surface area contributed by atoms with Crippen LogP contribution in [-0.2, 0) is 33.5 Å². The average Bonchev–Trinajstić information content (AvgIpc) is 3.06. The van der Waals surface area contributed by atoms with E-state index in [1.807, 2.05) is 30.3 Å². The van der Waals surface area contributed by atoms with Crippen molar-refractivity contribution < 1.29 is 37.8 Å². The van der Waals surface area contributed by atoms with E-state index < -0.39 is 29.4 Å². The minimum absolute atomic E-state index is 0.00168. The largest absolute Gasteiger partial charge is 0.444 e. The summed E-state index contributed by atoms with van der Waals surface area (Å²) in [5, 5.41) is 5.08. The summed E-state index contributed by atoms with van der Waals surface area (Å²) in [5.74, 6) is -1.05. The first-order valence-corrected chi connectivity index (χ1v) is 17.8. The van der Waals surface area contributed by atoms with Gasteiger partial charge >= 0.3 is 18.2 Å². The zero-order valence-corrected chi connectivity index (χ0v) is 32.0. The summed E-state index contributed by atoms with van der Waals surface area (Å²) in [7, 11) is 0. The fourth-order valence-electron chi connectivity index (χ4n) is 5.31. The molecule has 0 saturated carbocycles. The lowest BCUT2D eigenvalue weighted by Gasteiger charge is -2.22. The molecule has 0 bridgehead atoms. The lowest BCUT2D eigenvalue weighted by Crippen LogP contribution is -2.47. The highest BCUT2D eigenvalue weighted by Gasteiger charge is 2.22. The molecule has 4 aromatic rings. The van der Waals surface area contributed by atoms with Crippen molar-refractivity contribution in [3.8, 4) is 5.75 Å². The molecule has 0 radical (unpaired) electrons. The molecule has 12 heteroatoms. The lowest BCUT2D eigenvalue weighted by atomic mass is 9.87. The number of carbonyl (C=O) groups is 4. The Labute approximate surface area is 320 Å². The SMILES string of the molecule is CC(C)(C)OC(=O)NC(=Nc1ccc(C(=O)Oc2ccc(CC(=O)C[C@H](Cc3ccccc3)Cc3ccc(F)cc3)c(Cl)c2)cc1)NC(=O)OC(C)(C)C. The van der Waals surface area contributed by atoms with Crippen LogP contribution in [0.25, 0.3) is 0 Å². The second-order valence-corrected chi connectivity index (χ2v) is 15.1. The second-order valence-electron chi connectivity index (χ2n) is 14.7. The number of Topliss-reactive ketones (excluding diaryl/α,β-unsaturated/α-hetero) is 1. The molecule has 4 aromatic carbocycles. The molecule has 0 saturated heterocycles. The van der Waals surface area contributed by atoms with Crippen molar-refractivity contribution in [2.75, 3.05) is 0 Å². The van der Waals surface area contributed by atoms with Crippen molar-refractivity contribution >= 4 is 47.2 Å². The molecule has 0 fully saturated rings. The van der Waals surface area contributed by atoms with Crippen LogP contribution in [0.3, 0.4) is 0 Å². The van der Waals surface area contributed by atoms with Gasteiger partial charge in [-0.3, -0.25) is 15.4 Å². The average molecular weight is 758 g/mol. The number of rotatable bonds is 11. The van der Waals surface area contributed by atoms with E-state index in [-0.39, 0.29) is 51.9 Å². The molecule has 0 spiro atoms. The van der Waals surface area contributed by atoms with Gasteiger partial charge in [0.25, 0.3) is 0 Å². The summed E-state index contributed by atoms with van der Waals surface area (Å²) in [6.07, 6.45) is 0.00450. The lowest BCUT2D eigenvalue weighted by molar-refractivity contribution is -0.119. The van der Waals surface area contributed by atoms with Gasteiger partial charge in [0.1, 0.15) is 28.6 Å². The van der Waals surface area contributed by atoms with Gasteiger partial charge in [0.2, 0.25) is 5.96 Å². The molecule has 0 aliphatic rings. The molecule has 0 unspecified atom stereocenters. The Hall–Kier alpha value is -5.55. The maximum atomic E-state index is 13.5. The highest BCUT2D eigenvalue weighted by atomic mass is 35.5. The maximum absolute atomic E-state index is 13.5. The summed E-state index contributed by atoms with van der Waals surface area (Å²) in [4.78, 5) is 55.4. The zero-order valence-electron chi connectivity index (χ0n) is 31.2. The van der Waals surface area contributed by atoms with Gasteiger partial charge in [-0.1, -0.05) is 60.1 Å². The quantitative estimate of drug-likeness (QED) is 0.0675. The maximum Gasteiger partial charge on any atom is 0.414 e. The number of hydrogen-bond donors (Lipinski definition) is 2. The van der Waals surface area contributed by atoms with Crippen LogP contribution in [0.1, 0.15) is 75.0 Å². The third-order valence-corrected chi connectivity index (χ3v) is 7.88. The van der Waals surface area contributed by atoms with Crippen LogP contribution < -0.4 is 15.4 Å². The van der Waals surface area contributed by atoms with E-state index in [0.717, 1.165) is 11.1 Å². The molecular formula is C42H45ClFN3O7.